The van der Waals surface area contributed by atoms with E-state index in [1.807, 2.05) is 36.5 Å². The summed E-state index contributed by atoms with van der Waals surface area (Å²) in [6.45, 7) is 11.7. The van der Waals surface area contributed by atoms with E-state index in [9.17, 15) is 0 Å². The third-order valence-corrected chi connectivity index (χ3v) is 13.9. The van der Waals surface area contributed by atoms with Crippen LogP contribution in [0.15, 0.2) is 134 Å². The van der Waals surface area contributed by atoms with E-state index in [-0.39, 0.29) is 31.9 Å². The number of nitrogens with zero attached hydrogens (tertiary/aromatic N) is 3. The zero-order valence-corrected chi connectivity index (χ0v) is 38.7. The summed E-state index contributed by atoms with van der Waals surface area (Å²) in [7, 11) is -1.34. The Morgan fingerprint density at radius 3 is 2.07 bits per heavy atom. The van der Waals surface area contributed by atoms with Gasteiger partial charge in [-0.1, -0.05) is 132 Å². The molecule has 1 radical (unpaired) electrons. The molecule has 0 bridgehead atoms. The van der Waals surface area contributed by atoms with Gasteiger partial charge >= 0.3 is 0 Å². The van der Waals surface area contributed by atoms with Crippen molar-refractivity contribution in [1.29, 1.82) is 0 Å². The average molecular weight is 988 g/mol. The quantitative estimate of drug-likeness (QED) is 0.118. The van der Waals surface area contributed by atoms with Gasteiger partial charge in [-0.25, -0.2) is 0 Å². The number of para-hydroxylation sites is 2. The molecule has 0 unspecified atom stereocenters. The van der Waals surface area contributed by atoms with Crippen molar-refractivity contribution in [2.75, 3.05) is 0 Å². The van der Waals surface area contributed by atoms with Crippen LogP contribution in [-0.2, 0) is 20.1 Å². The van der Waals surface area contributed by atoms with Crippen molar-refractivity contribution in [2.24, 2.45) is 0 Å². The fourth-order valence-corrected chi connectivity index (χ4v) is 9.79. The van der Waals surface area contributed by atoms with E-state index in [2.05, 4.69) is 142 Å². The maximum absolute atomic E-state index is 7.94. The largest absolute Gasteiger partial charge is 0.333 e. The molecular weight excluding hydrogens is 931 g/mol. The number of fused-ring (bicyclic) bond motifs is 4. The van der Waals surface area contributed by atoms with E-state index in [4.69, 9.17) is 13.2 Å². The van der Waals surface area contributed by atoms with Gasteiger partial charge in [-0.3, -0.25) is 4.98 Å². The number of aromatic nitrogens is 3. The fraction of sp³-hybridized carbons (Fsp3) is 0.208. The number of thiophene rings is 1. The molecule has 9 aromatic rings. The zero-order valence-electron chi connectivity index (χ0n) is 40.4. The molecule has 0 fully saturated rings. The molecule has 9 rings (SSSR count). The molecule has 3 heterocycles. The van der Waals surface area contributed by atoms with Crippen LogP contribution in [0.2, 0.25) is 19.6 Å². The summed E-state index contributed by atoms with van der Waals surface area (Å²) in [5.74, 6) is 1.38. The number of hydrogen-bond donors (Lipinski definition) is 0. The normalized spacial score (nSPS) is 13.6. The van der Waals surface area contributed by atoms with Crippen LogP contribution in [0.4, 0.5) is 0 Å². The number of benzene rings is 6. The maximum atomic E-state index is 7.94. The fourth-order valence-electron chi connectivity index (χ4n) is 7.52. The van der Waals surface area contributed by atoms with Gasteiger partial charge in [0.15, 0.2) is 0 Å². The van der Waals surface area contributed by atoms with Crippen LogP contribution < -0.4 is 5.19 Å². The van der Waals surface area contributed by atoms with E-state index >= 15 is 0 Å². The molecule has 0 saturated carbocycles. The Morgan fingerprint density at radius 1 is 0.712 bits per heavy atom. The first-order chi connectivity index (χ1) is 30.3. The smallest absolute Gasteiger partial charge is 0.0795 e. The molecule has 0 saturated heterocycles. The summed E-state index contributed by atoms with van der Waals surface area (Å²) in [6, 6.07) is 48.7. The van der Waals surface area contributed by atoms with Gasteiger partial charge in [-0.15, -0.1) is 53.6 Å². The molecular formula is C53H51IrN3SSi-2. The predicted octanol–water partition coefficient (Wildman–Crippen LogP) is 14.5. The molecule has 3 nitrogen and oxygen atoms in total. The van der Waals surface area contributed by atoms with E-state index in [0.29, 0.717) is 11.1 Å². The SMILES string of the molecule is [2H]C([2H])([2H])c1c[c-]c(-c2ccc([Si](C)(C)C)cn2)cc1.[2H]C([2H])([2H])c1ccc2c(c1)sc1c(-c3nc4ccccc4n3-c3c(C(C)C)cc(-c4ccccc4)cc3C(C)C)[c-]ccc12.[Ir]. The van der Waals surface area contributed by atoms with Crippen LogP contribution in [0, 0.1) is 25.8 Å². The molecule has 0 amide bonds. The van der Waals surface area contributed by atoms with Crippen LogP contribution in [0.3, 0.4) is 0 Å². The summed E-state index contributed by atoms with van der Waals surface area (Å²) >= 11 is 1.61. The van der Waals surface area contributed by atoms with Crippen LogP contribution in [-0.4, -0.2) is 22.6 Å². The minimum atomic E-state index is -2.15. The predicted molar refractivity (Wildman–Crippen MR) is 253 cm³/mol. The van der Waals surface area contributed by atoms with Crippen molar-refractivity contribution in [1.82, 2.24) is 14.5 Å². The molecule has 0 aliphatic heterocycles. The van der Waals surface area contributed by atoms with Gasteiger partial charge in [0.1, 0.15) is 0 Å². The zero-order chi connectivity index (χ0) is 45.7. The molecule has 299 valence electrons. The Labute approximate surface area is 377 Å². The molecule has 6 aromatic carbocycles. The van der Waals surface area contributed by atoms with Gasteiger partial charge in [0.05, 0.1) is 24.9 Å². The second-order valence-electron chi connectivity index (χ2n) is 16.5. The van der Waals surface area contributed by atoms with Crippen LogP contribution in [0.1, 0.15) is 70.0 Å². The molecule has 0 atom stereocenters. The molecule has 0 spiro atoms. The van der Waals surface area contributed by atoms with Gasteiger partial charge in [-0.2, -0.15) is 11.3 Å². The number of hydrogen-bond acceptors (Lipinski definition) is 3. The first-order valence-corrected chi connectivity index (χ1v) is 24.2. The Bertz CT molecular complexity index is 3030. The molecule has 0 aliphatic rings. The van der Waals surface area contributed by atoms with E-state index < -0.39 is 21.8 Å². The van der Waals surface area contributed by atoms with Gasteiger partial charge in [-0.05, 0) is 97.8 Å². The molecule has 3 aromatic heterocycles. The first kappa shape index (κ1) is 34.8. The van der Waals surface area contributed by atoms with Crippen molar-refractivity contribution in [3.05, 3.63) is 168 Å². The standard InChI is InChI=1S/C38H33N2S.C15H18NSi.Ir/c1-23(2)31-21-27(26-12-7-6-8-13-26)22-32(24(3)4)36(31)40-34-17-10-9-16-33(34)39-38(40)30-15-11-14-29-28-19-18-25(5)20-35(28)41-37(29)30;1-12-5-7-13(8-6-12)15-10-9-14(11-16-15)17(2,3)4;/h6-14,16-24H,1-5H3;5-7,9-11H,1-4H3;/q2*-1;/i5D3;1D3;. The summed E-state index contributed by atoms with van der Waals surface area (Å²) in [5.41, 5.74) is 11.3. The first-order valence-electron chi connectivity index (χ1n) is 22.9. The van der Waals surface area contributed by atoms with Crippen molar-refractivity contribution in [2.45, 2.75) is 72.9 Å². The average Bonchev–Trinajstić information content (AvgIpc) is 3.84. The van der Waals surface area contributed by atoms with Crippen molar-refractivity contribution in [3.63, 3.8) is 0 Å². The molecule has 0 aliphatic carbocycles. The van der Waals surface area contributed by atoms with Crippen LogP contribution in [0.5, 0.6) is 0 Å². The number of aryl methyl sites for hydroxylation is 2. The number of imidazole rings is 1. The third-order valence-electron chi connectivity index (χ3n) is 10.7. The third kappa shape index (κ3) is 8.56. The van der Waals surface area contributed by atoms with Gasteiger partial charge < -0.3 is 9.55 Å². The van der Waals surface area contributed by atoms with Gasteiger partial charge in [0.25, 0.3) is 0 Å². The van der Waals surface area contributed by atoms with E-state index in [1.54, 1.807) is 29.5 Å². The topological polar surface area (TPSA) is 30.7 Å². The minimum absolute atomic E-state index is 0. The Balaban J connectivity index is 0.000000253. The van der Waals surface area contributed by atoms with Crippen molar-refractivity contribution in [3.8, 4) is 39.5 Å². The van der Waals surface area contributed by atoms with Gasteiger partial charge in [0.2, 0.25) is 0 Å². The number of pyridine rings is 1. The minimum Gasteiger partial charge on any atom is -0.333 e. The summed E-state index contributed by atoms with van der Waals surface area (Å²) in [4.78, 5) is 9.74. The monoisotopic (exact) mass is 988 g/mol. The second-order valence-corrected chi connectivity index (χ2v) is 22.6. The molecule has 0 N–H and O–H groups in total. The maximum Gasteiger partial charge on any atom is 0.0795 e. The number of rotatable bonds is 7. The van der Waals surface area contributed by atoms with Crippen molar-refractivity contribution < 1.29 is 28.3 Å². The summed E-state index contributed by atoms with van der Waals surface area (Å²) in [6.07, 6.45) is 1.92. The Hall–Kier alpha value is -4.97. The van der Waals surface area contributed by atoms with Crippen molar-refractivity contribution >= 4 is 55.8 Å². The van der Waals surface area contributed by atoms with Crippen LogP contribution >= 0.6 is 11.3 Å². The summed E-state index contributed by atoms with van der Waals surface area (Å²) < 4.78 is 50.2. The van der Waals surface area contributed by atoms with Crippen LogP contribution in [0.25, 0.3) is 70.7 Å². The Morgan fingerprint density at radius 2 is 1.42 bits per heavy atom. The summed E-state index contributed by atoms with van der Waals surface area (Å²) in [5, 5.41) is 3.44. The Kier molecular flexibility index (Phi) is 10.2. The molecule has 6 heteroatoms. The molecule has 59 heavy (non-hydrogen) atoms. The second kappa shape index (κ2) is 17.3. The van der Waals surface area contributed by atoms with Gasteiger partial charge in [0, 0.05) is 44.9 Å². The van der Waals surface area contributed by atoms with E-state index in [1.165, 1.54) is 39.2 Å². The van der Waals surface area contributed by atoms with E-state index in [0.717, 1.165) is 53.9 Å².